The highest BCUT2D eigenvalue weighted by molar-refractivity contribution is 7.14. The minimum Gasteiger partial charge on any atom is -0.481 e. The molecule has 180 valence electrons. The van der Waals surface area contributed by atoms with Crippen LogP contribution in [-0.4, -0.2) is 22.0 Å². The molecule has 0 fully saturated rings. The molecule has 0 spiro atoms. The van der Waals surface area contributed by atoms with Crippen LogP contribution >= 0.6 is 11.3 Å². The molecule has 3 aromatic rings. The normalized spacial score (nSPS) is 11.3. The van der Waals surface area contributed by atoms with Crippen molar-refractivity contribution in [3.63, 3.8) is 0 Å². The minimum atomic E-state index is -0.864. The van der Waals surface area contributed by atoms with Crippen LogP contribution in [0.2, 0.25) is 0 Å². The molecule has 0 radical (unpaired) electrons. The summed E-state index contributed by atoms with van der Waals surface area (Å²) in [7, 11) is 0. The number of para-hydroxylation sites is 1. The molecule has 7 heteroatoms. The van der Waals surface area contributed by atoms with Crippen molar-refractivity contribution in [3.05, 3.63) is 76.3 Å². The van der Waals surface area contributed by atoms with Crippen LogP contribution < -0.4 is 10.6 Å². The number of carbonyl (C=O) groups excluding carboxylic acids is 1. The number of carboxylic acid groups (broad SMARTS) is 1. The van der Waals surface area contributed by atoms with E-state index in [0.717, 1.165) is 24.1 Å². The minimum absolute atomic E-state index is 0.0218. The van der Waals surface area contributed by atoms with Gasteiger partial charge in [-0.2, -0.15) is 0 Å². The number of rotatable bonds is 11. The van der Waals surface area contributed by atoms with Crippen LogP contribution in [0.4, 0.5) is 10.8 Å². The van der Waals surface area contributed by atoms with Gasteiger partial charge >= 0.3 is 5.97 Å². The Hall–Kier alpha value is -3.19. The summed E-state index contributed by atoms with van der Waals surface area (Å²) in [5.74, 6) is -1.10. The Morgan fingerprint density at radius 2 is 1.76 bits per heavy atom. The van der Waals surface area contributed by atoms with Crippen LogP contribution in [0.1, 0.15) is 67.2 Å². The van der Waals surface area contributed by atoms with E-state index in [2.05, 4.69) is 60.7 Å². The molecule has 1 heterocycles. The van der Waals surface area contributed by atoms with Gasteiger partial charge in [0.1, 0.15) is 0 Å². The van der Waals surface area contributed by atoms with Crippen LogP contribution in [0, 0.1) is 5.41 Å². The zero-order chi connectivity index (χ0) is 24.6. The van der Waals surface area contributed by atoms with Crippen molar-refractivity contribution >= 4 is 34.0 Å². The van der Waals surface area contributed by atoms with Crippen molar-refractivity contribution in [1.29, 1.82) is 0 Å². The fourth-order valence-electron chi connectivity index (χ4n) is 3.57. The van der Waals surface area contributed by atoms with E-state index in [9.17, 15) is 9.59 Å². The topological polar surface area (TPSA) is 91.3 Å². The van der Waals surface area contributed by atoms with Gasteiger partial charge in [0.25, 0.3) is 5.91 Å². The third kappa shape index (κ3) is 8.30. The molecule has 2 aromatic carbocycles. The third-order valence-electron chi connectivity index (χ3n) is 5.46. The predicted octanol–water partition coefficient (Wildman–Crippen LogP) is 6.39. The summed E-state index contributed by atoms with van der Waals surface area (Å²) in [6.07, 6.45) is 3.77. The van der Waals surface area contributed by atoms with Gasteiger partial charge in [-0.05, 0) is 54.0 Å². The van der Waals surface area contributed by atoms with Crippen molar-refractivity contribution in [2.24, 2.45) is 5.41 Å². The van der Waals surface area contributed by atoms with Gasteiger partial charge in [-0.3, -0.25) is 14.9 Å². The molecule has 1 amide bonds. The molecule has 3 rings (SSSR count). The average Bonchev–Trinajstić information content (AvgIpc) is 3.24. The van der Waals surface area contributed by atoms with Crippen molar-refractivity contribution in [2.45, 2.75) is 59.4 Å². The number of aryl methyl sites for hydroxylation is 2. The van der Waals surface area contributed by atoms with E-state index in [1.807, 2.05) is 12.1 Å². The highest BCUT2D eigenvalue weighted by atomic mass is 32.1. The molecule has 0 saturated heterocycles. The van der Waals surface area contributed by atoms with Gasteiger partial charge in [0.2, 0.25) is 0 Å². The quantitative estimate of drug-likeness (QED) is 0.296. The number of aromatic nitrogens is 1. The molecule has 0 aliphatic rings. The van der Waals surface area contributed by atoms with E-state index in [0.29, 0.717) is 34.8 Å². The van der Waals surface area contributed by atoms with Gasteiger partial charge in [-0.25, -0.2) is 4.98 Å². The lowest BCUT2D eigenvalue weighted by Gasteiger charge is -2.18. The fraction of sp³-hybridized carbons (Fsp3) is 0.370. The summed E-state index contributed by atoms with van der Waals surface area (Å²) in [4.78, 5) is 27.5. The number of anilines is 2. The summed E-state index contributed by atoms with van der Waals surface area (Å²) < 4.78 is 0. The van der Waals surface area contributed by atoms with Crippen molar-refractivity contribution in [1.82, 2.24) is 4.98 Å². The number of hydrogen-bond donors (Lipinski definition) is 3. The number of aliphatic carboxylic acids is 1. The lowest BCUT2D eigenvalue weighted by Crippen LogP contribution is -2.12. The van der Waals surface area contributed by atoms with Gasteiger partial charge in [0.15, 0.2) is 5.13 Å². The molecule has 0 aliphatic carbocycles. The first-order valence-electron chi connectivity index (χ1n) is 11.6. The van der Waals surface area contributed by atoms with Crippen LogP contribution in [-0.2, 0) is 24.2 Å². The Labute approximate surface area is 205 Å². The molecule has 0 saturated carbocycles. The molecule has 3 N–H and O–H groups in total. The Morgan fingerprint density at radius 1 is 1.03 bits per heavy atom. The fourth-order valence-corrected chi connectivity index (χ4v) is 4.31. The Kier molecular flexibility index (Phi) is 8.82. The van der Waals surface area contributed by atoms with Crippen molar-refractivity contribution in [2.75, 3.05) is 10.6 Å². The van der Waals surface area contributed by atoms with E-state index in [-0.39, 0.29) is 12.3 Å². The van der Waals surface area contributed by atoms with Crippen LogP contribution in [0.3, 0.4) is 0 Å². The summed E-state index contributed by atoms with van der Waals surface area (Å²) in [6.45, 7) is 7.50. The smallest absolute Gasteiger partial charge is 0.303 e. The molecule has 34 heavy (non-hydrogen) atoms. The maximum atomic E-state index is 12.5. The second-order valence-electron chi connectivity index (χ2n) is 9.61. The van der Waals surface area contributed by atoms with E-state index >= 15 is 0 Å². The summed E-state index contributed by atoms with van der Waals surface area (Å²) in [6, 6.07) is 15.9. The highest BCUT2D eigenvalue weighted by Crippen LogP contribution is 2.25. The summed E-state index contributed by atoms with van der Waals surface area (Å²) in [5.41, 5.74) is 5.14. The van der Waals surface area contributed by atoms with E-state index < -0.39 is 5.97 Å². The standard InChI is InChI=1S/C27H33N3O3S/c1-27(2,3)16-6-8-20-7-4-5-9-23(20)28-17-19-10-12-21(13-11-19)25(33)30-26-29-22(18-34-26)14-15-24(31)32/h4-5,7,9-13,18,28H,6,8,14-17H2,1-3H3,(H,31,32)(H,29,30,33). The number of nitrogens with one attached hydrogen (secondary N) is 2. The van der Waals surface area contributed by atoms with Crippen LogP contribution in [0.25, 0.3) is 0 Å². The molecule has 6 nitrogen and oxygen atoms in total. The van der Waals surface area contributed by atoms with Gasteiger partial charge in [0.05, 0.1) is 12.1 Å². The molecule has 0 unspecified atom stereocenters. The second kappa shape index (κ2) is 11.8. The molecular weight excluding hydrogens is 446 g/mol. The van der Waals surface area contributed by atoms with Crippen LogP contribution in [0.5, 0.6) is 0 Å². The second-order valence-corrected chi connectivity index (χ2v) is 10.5. The van der Waals surface area contributed by atoms with E-state index in [4.69, 9.17) is 5.11 Å². The first-order chi connectivity index (χ1) is 16.2. The van der Waals surface area contributed by atoms with Gasteiger partial charge in [0, 0.05) is 29.6 Å². The number of benzene rings is 2. The number of carboxylic acids is 1. The van der Waals surface area contributed by atoms with E-state index in [1.165, 1.54) is 23.3 Å². The SMILES string of the molecule is CC(C)(C)CCCc1ccccc1NCc1ccc(C(=O)Nc2nc(CCC(=O)O)cs2)cc1. The third-order valence-corrected chi connectivity index (χ3v) is 6.26. The summed E-state index contributed by atoms with van der Waals surface area (Å²) >= 11 is 1.30. The zero-order valence-corrected chi connectivity index (χ0v) is 20.9. The number of hydrogen-bond acceptors (Lipinski definition) is 5. The molecule has 0 bridgehead atoms. The van der Waals surface area contributed by atoms with Crippen LogP contribution in [0.15, 0.2) is 53.9 Å². The van der Waals surface area contributed by atoms with Gasteiger partial charge < -0.3 is 10.4 Å². The van der Waals surface area contributed by atoms with Gasteiger partial charge in [-0.1, -0.05) is 51.1 Å². The Bertz CT molecular complexity index is 1100. The molecular formula is C27H33N3O3S. The van der Waals surface area contributed by atoms with Crippen molar-refractivity contribution in [3.8, 4) is 0 Å². The van der Waals surface area contributed by atoms with Crippen molar-refractivity contribution < 1.29 is 14.7 Å². The van der Waals surface area contributed by atoms with E-state index in [1.54, 1.807) is 17.5 Å². The maximum absolute atomic E-state index is 12.5. The summed E-state index contributed by atoms with van der Waals surface area (Å²) in [5, 5.41) is 17.3. The van der Waals surface area contributed by atoms with Gasteiger partial charge in [-0.15, -0.1) is 11.3 Å². The first-order valence-corrected chi connectivity index (χ1v) is 12.5. The lowest BCUT2D eigenvalue weighted by molar-refractivity contribution is -0.136. The number of carbonyl (C=O) groups is 2. The number of thiazole rings is 1. The largest absolute Gasteiger partial charge is 0.481 e. The highest BCUT2D eigenvalue weighted by Gasteiger charge is 2.12. The monoisotopic (exact) mass is 479 g/mol. The Morgan fingerprint density at radius 3 is 2.47 bits per heavy atom. The Balaban J connectivity index is 1.52. The lowest BCUT2D eigenvalue weighted by atomic mass is 9.89. The number of nitrogens with zero attached hydrogens (tertiary/aromatic N) is 1. The molecule has 0 aliphatic heterocycles. The number of amides is 1. The molecule has 0 atom stereocenters. The predicted molar refractivity (Wildman–Crippen MR) is 139 cm³/mol. The first kappa shape index (κ1) is 25.4. The zero-order valence-electron chi connectivity index (χ0n) is 20.1. The maximum Gasteiger partial charge on any atom is 0.303 e. The average molecular weight is 480 g/mol. The molecule has 1 aromatic heterocycles.